The van der Waals surface area contributed by atoms with Crippen LogP contribution in [0, 0.1) is 0 Å². The van der Waals surface area contributed by atoms with E-state index in [1.807, 2.05) is 13.8 Å². The molecule has 2 aromatic rings. The number of carbonyl (C=O) groups is 1. The molecule has 0 spiro atoms. The normalized spacial score (nSPS) is 19.9. The average molecular weight is 338 g/mol. The van der Waals surface area contributed by atoms with Crippen LogP contribution in [-0.2, 0) is 9.47 Å². The fourth-order valence-corrected chi connectivity index (χ4v) is 3.40. The van der Waals surface area contributed by atoms with Crippen molar-refractivity contribution in [2.45, 2.75) is 25.7 Å². The summed E-state index contributed by atoms with van der Waals surface area (Å²) in [6, 6.07) is 3.44. The zero-order valence-electron chi connectivity index (χ0n) is 13.1. The van der Waals surface area contributed by atoms with Crippen LogP contribution in [-0.4, -0.2) is 43.1 Å². The zero-order chi connectivity index (χ0) is 16.6. The molecule has 3 rings (SSSR count). The number of benzene rings is 1. The molecule has 23 heavy (non-hydrogen) atoms. The number of nitrogens with zero attached hydrogens (tertiary/aromatic N) is 1. The number of aromatic nitrogens is 1. The third-order valence-electron chi connectivity index (χ3n) is 3.43. The average Bonchev–Trinajstić information content (AvgIpc) is 3.05. The number of thiazole rings is 1. The quantitative estimate of drug-likeness (QED) is 0.895. The fraction of sp³-hybridized carbons (Fsp3) is 0.467. The van der Waals surface area contributed by atoms with Gasteiger partial charge in [-0.3, -0.25) is 4.79 Å². The van der Waals surface area contributed by atoms with Gasteiger partial charge in [0, 0.05) is 0 Å². The number of rotatable bonds is 5. The lowest BCUT2D eigenvalue weighted by Gasteiger charge is -2.16. The molecule has 1 unspecified atom stereocenters. The Hall–Kier alpha value is -1.90. The number of hydrogen-bond donors (Lipinski definition) is 1. The van der Waals surface area contributed by atoms with Gasteiger partial charge in [-0.15, -0.1) is 0 Å². The second kappa shape index (κ2) is 5.95. The largest absolute Gasteiger partial charge is 0.496 e. The Morgan fingerprint density at radius 2 is 2.30 bits per heavy atom. The molecule has 0 radical (unpaired) electrons. The van der Waals surface area contributed by atoms with E-state index in [0.29, 0.717) is 39.9 Å². The van der Waals surface area contributed by atoms with Gasteiger partial charge < -0.3 is 24.7 Å². The van der Waals surface area contributed by atoms with Crippen molar-refractivity contribution >= 4 is 27.5 Å². The van der Waals surface area contributed by atoms with E-state index < -0.39 is 11.7 Å². The second-order valence-electron chi connectivity index (χ2n) is 5.60. The molecule has 1 aromatic heterocycles. The van der Waals surface area contributed by atoms with Crippen molar-refractivity contribution in [1.82, 2.24) is 4.98 Å². The smallest absolute Gasteiger partial charge is 0.274 e. The third kappa shape index (κ3) is 3.24. The summed E-state index contributed by atoms with van der Waals surface area (Å²) in [4.78, 5) is 16.1. The van der Waals surface area contributed by atoms with E-state index in [1.165, 1.54) is 18.4 Å². The summed E-state index contributed by atoms with van der Waals surface area (Å²) in [7, 11) is 1.49. The minimum Gasteiger partial charge on any atom is -0.496 e. The van der Waals surface area contributed by atoms with Gasteiger partial charge in [0.05, 0.1) is 23.9 Å². The van der Waals surface area contributed by atoms with Crippen molar-refractivity contribution in [1.29, 1.82) is 0 Å². The topological polar surface area (TPSA) is 92.9 Å². The number of primary amides is 1. The van der Waals surface area contributed by atoms with Crippen LogP contribution in [0.15, 0.2) is 12.1 Å². The molecule has 1 aliphatic heterocycles. The van der Waals surface area contributed by atoms with Crippen LogP contribution in [0.3, 0.4) is 0 Å². The van der Waals surface area contributed by atoms with Crippen molar-refractivity contribution < 1.29 is 23.7 Å². The van der Waals surface area contributed by atoms with Crippen LogP contribution in [0.1, 0.15) is 24.2 Å². The van der Waals surface area contributed by atoms with E-state index in [0.717, 1.165) is 0 Å². The maximum atomic E-state index is 11.7. The Morgan fingerprint density at radius 3 is 2.91 bits per heavy atom. The first kappa shape index (κ1) is 16.0. The number of hydrogen-bond acceptors (Lipinski definition) is 7. The van der Waals surface area contributed by atoms with Gasteiger partial charge >= 0.3 is 0 Å². The molecule has 1 fully saturated rings. The number of fused-ring (bicyclic) bond motifs is 1. The number of nitrogens with two attached hydrogens (primary N) is 1. The minimum absolute atomic E-state index is 0.151. The molecule has 1 saturated heterocycles. The van der Waals surface area contributed by atoms with Gasteiger partial charge in [-0.1, -0.05) is 11.3 Å². The standard InChI is InChI=1S/C15H18N2O5S/c1-15(2)21-7-8(22-15)6-20-14-17-9-4-5-10(19-3)11(13(16)18)12(9)23-14/h4-5,8H,6-7H2,1-3H3,(H2,16,18). The Kier molecular flexibility index (Phi) is 4.13. The Balaban J connectivity index is 1.80. The lowest BCUT2D eigenvalue weighted by molar-refractivity contribution is -0.141. The van der Waals surface area contributed by atoms with Crippen LogP contribution in [0.5, 0.6) is 10.9 Å². The van der Waals surface area contributed by atoms with E-state index >= 15 is 0 Å². The molecule has 2 heterocycles. The molecule has 2 N–H and O–H groups in total. The van der Waals surface area contributed by atoms with Gasteiger partial charge in [-0.05, 0) is 26.0 Å². The summed E-state index contributed by atoms with van der Waals surface area (Å²) < 4.78 is 22.7. The maximum Gasteiger partial charge on any atom is 0.274 e. The van der Waals surface area contributed by atoms with E-state index in [4.69, 9.17) is 24.7 Å². The van der Waals surface area contributed by atoms with Gasteiger partial charge in [0.25, 0.3) is 11.1 Å². The molecular formula is C15H18N2O5S. The van der Waals surface area contributed by atoms with Gasteiger partial charge in [0.2, 0.25) is 0 Å². The van der Waals surface area contributed by atoms with Crippen LogP contribution < -0.4 is 15.2 Å². The summed E-state index contributed by atoms with van der Waals surface area (Å²) in [6.07, 6.45) is -0.151. The van der Waals surface area contributed by atoms with E-state index in [9.17, 15) is 4.79 Å². The number of carbonyl (C=O) groups excluding carboxylic acids is 1. The Labute approximate surface area is 137 Å². The van der Waals surface area contributed by atoms with E-state index in [2.05, 4.69) is 4.98 Å². The lowest BCUT2D eigenvalue weighted by atomic mass is 10.2. The summed E-state index contributed by atoms with van der Waals surface area (Å²) in [5.74, 6) is -0.722. The highest BCUT2D eigenvalue weighted by molar-refractivity contribution is 7.20. The fourth-order valence-electron chi connectivity index (χ4n) is 2.43. The predicted octanol–water partition coefficient (Wildman–Crippen LogP) is 1.93. The number of amides is 1. The molecular weight excluding hydrogens is 320 g/mol. The highest BCUT2D eigenvalue weighted by Gasteiger charge is 2.33. The molecule has 1 amide bonds. The maximum absolute atomic E-state index is 11.7. The van der Waals surface area contributed by atoms with Crippen molar-refractivity contribution in [2.75, 3.05) is 20.3 Å². The Morgan fingerprint density at radius 1 is 1.52 bits per heavy atom. The SMILES string of the molecule is COc1ccc2nc(OCC3COC(C)(C)O3)sc2c1C(N)=O. The molecule has 0 saturated carbocycles. The summed E-state index contributed by atoms with van der Waals surface area (Å²) >= 11 is 1.25. The van der Waals surface area contributed by atoms with Gasteiger partial charge in [-0.25, -0.2) is 4.98 Å². The zero-order valence-corrected chi connectivity index (χ0v) is 13.9. The van der Waals surface area contributed by atoms with Crippen molar-refractivity contribution in [3.63, 3.8) is 0 Å². The predicted molar refractivity (Wildman–Crippen MR) is 85.1 cm³/mol. The minimum atomic E-state index is -0.589. The molecule has 1 aliphatic rings. The van der Waals surface area contributed by atoms with Crippen LogP contribution in [0.2, 0.25) is 0 Å². The lowest BCUT2D eigenvalue weighted by Crippen LogP contribution is -2.25. The number of ether oxygens (including phenoxy) is 4. The highest BCUT2D eigenvalue weighted by Crippen LogP contribution is 2.35. The van der Waals surface area contributed by atoms with Crippen molar-refractivity contribution in [3.05, 3.63) is 17.7 Å². The van der Waals surface area contributed by atoms with Crippen LogP contribution in [0.25, 0.3) is 10.2 Å². The monoisotopic (exact) mass is 338 g/mol. The molecule has 0 bridgehead atoms. The number of methoxy groups -OCH3 is 1. The molecule has 7 nitrogen and oxygen atoms in total. The van der Waals surface area contributed by atoms with Crippen LogP contribution >= 0.6 is 11.3 Å². The first-order chi connectivity index (χ1) is 10.9. The van der Waals surface area contributed by atoms with Crippen LogP contribution in [0.4, 0.5) is 0 Å². The summed E-state index contributed by atoms with van der Waals surface area (Å²) in [5.41, 5.74) is 6.41. The highest BCUT2D eigenvalue weighted by atomic mass is 32.1. The van der Waals surface area contributed by atoms with Gasteiger partial charge in [0.15, 0.2) is 5.79 Å². The van der Waals surface area contributed by atoms with Gasteiger partial charge in [-0.2, -0.15) is 0 Å². The van der Waals surface area contributed by atoms with Crippen molar-refractivity contribution in [3.8, 4) is 10.9 Å². The third-order valence-corrected chi connectivity index (χ3v) is 4.43. The van der Waals surface area contributed by atoms with Crippen molar-refractivity contribution in [2.24, 2.45) is 5.73 Å². The molecule has 1 atom stereocenters. The van der Waals surface area contributed by atoms with E-state index in [-0.39, 0.29) is 6.10 Å². The first-order valence-corrected chi connectivity index (χ1v) is 7.93. The molecule has 8 heteroatoms. The Bertz CT molecular complexity index is 743. The summed E-state index contributed by atoms with van der Waals surface area (Å²) in [5, 5.41) is 0.448. The molecule has 0 aliphatic carbocycles. The second-order valence-corrected chi connectivity index (χ2v) is 6.56. The molecule has 1 aromatic carbocycles. The molecule has 124 valence electrons. The van der Waals surface area contributed by atoms with Gasteiger partial charge in [0.1, 0.15) is 24.0 Å². The summed E-state index contributed by atoms with van der Waals surface area (Å²) in [6.45, 7) is 4.51. The van der Waals surface area contributed by atoms with E-state index in [1.54, 1.807) is 12.1 Å². The first-order valence-electron chi connectivity index (χ1n) is 7.11.